The lowest BCUT2D eigenvalue weighted by atomic mass is 10.1. The fraction of sp³-hybridized carbons (Fsp3) is 0.118. The number of nitrogens with two attached hydrogens (primary N) is 1. The second kappa shape index (κ2) is 5.92. The molecule has 116 valence electrons. The number of nitrogens with zero attached hydrogens (tertiary/aromatic N) is 2. The average Bonchev–Trinajstić information content (AvgIpc) is 2.94. The Hall–Kier alpha value is -3.15. The molecule has 3 N–H and O–H groups in total. The number of amides is 2. The van der Waals surface area contributed by atoms with Crippen molar-refractivity contribution in [2.45, 2.75) is 13.3 Å². The quantitative estimate of drug-likeness (QED) is 0.774. The number of anilines is 1. The minimum absolute atomic E-state index is 0.264. The Morgan fingerprint density at radius 1 is 1.17 bits per heavy atom. The van der Waals surface area contributed by atoms with Crippen LogP contribution in [0.5, 0.6) is 0 Å². The van der Waals surface area contributed by atoms with Gasteiger partial charge in [-0.05, 0) is 24.3 Å². The van der Waals surface area contributed by atoms with E-state index in [9.17, 15) is 9.59 Å². The number of nitrogens with one attached hydrogen (secondary N) is 1. The van der Waals surface area contributed by atoms with Crippen molar-refractivity contribution in [1.82, 2.24) is 9.38 Å². The number of imidazole rings is 1. The molecule has 0 radical (unpaired) electrons. The van der Waals surface area contributed by atoms with E-state index in [4.69, 9.17) is 5.73 Å². The van der Waals surface area contributed by atoms with Gasteiger partial charge in [0.15, 0.2) is 5.69 Å². The highest BCUT2D eigenvalue weighted by Gasteiger charge is 2.18. The topological polar surface area (TPSA) is 89.5 Å². The molecule has 0 fully saturated rings. The molecule has 0 atom stereocenters. The van der Waals surface area contributed by atoms with Gasteiger partial charge in [0, 0.05) is 12.6 Å². The number of aryl methyl sites for hydroxylation is 1. The van der Waals surface area contributed by atoms with Crippen LogP contribution in [0.1, 0.15) is 33.6 Å². The van der Waals surface area contributed by atoms with Crippen LogP contribution in [0, 0.1) is 0 Å². The molecule has 0 aliphatic heterocycles. The fourth-order valence-electron chi connectivity index (χ4n) is 2.51. The number of aromatic nitrogens is 2. The Morgan fingerprint density at radius 3 is 2.65 bits per heavy atom. The first-order valence-electron chi connectivity index (χ1n) is 7.28. The number of hydrogen-bond donors (Lipinski definition) is 2. The average molecular weight is 308 g/mol. The predicted octanol–water partition coefficient (Wildman–Crippen LogP) is 2.25. The fourth-order valence-corrected chi connectivity index (χ4v) is 2.51. The Kier molecular flexibility index (Phi) is 3.80. The maximum atomic E-state index is 12.6. The number of hydrogen-bond acceptors (Lipinski definition) is 3. The SMILES string of the molecule is CCc1nc(C(=O)Nc2ccccc2C(N)=O)c2ccccn12. The molecular formula is C17H16N4O2. The summed E-state index contributed by atoms with van der Waals surface area (Å²) in [6.45, 7) is 1.98. The summed E-state index contributed by atoms with van der Waals surface area (Å²) in [5, 5.41) is 2.72. The number of benzene rings is 1. The number of primary amides is 1. The molecule has 2 aromatic heterocycles. The predicted molar refractivity (Wildman–Crippen MR) is 87.5 cm³/mol. The van der Waals surface area contributed by atoms with Gasteiger partial charge in [-0.1, -0.05) is 25.1 Å². The Morgan fingerprint density at radius 2 is 1.91 bits per heavy atom. The van der Waals surface area contributed by atoms with Crippen molar-refractivity contribution in [3.8, 4) is 0 Å². The first-order valence-corrected chi connectivity index (χ1v) is 7.28. The smallest absolute Gasteiger partial charge is 0.276 e. The molecule has 2 amide bonds. The Bertz CT molecular complexity index is 898. The second-order valence-corrected chi connectivity index (χ2v) is 5.05. The molecule has 0 bridgehead atoms. The molecule has 6 nitrogen and oxygen atoms in total. The zero-order valence-corrected chi connectivity index (χ0v) is 12.6. The van der Waals surface area contributed by atoms with Gasteiger partial charge in [-0.15, -0.1) is 0 Å². The molecule has 3 rings (SSSR count). The summed E-state index contributed by atoms with van der Waals surface area (Å²) >= 11 is 0. The van der Waals surface area contributed by atoms with E-state index in [0.29, 0.717) is 17.8 Å². The normalized spacial score (nSPS) is 10.7. The van der Waals surface area contributed by atoms with E-state index in [2.05, 4.69) is 10.3 Å². The minimum Gasteiger partial charge on any atom is -0.366 e. The van der Waals surface area contributed by atoms with Crippen LogP contribution in [0.3, 0.4) is 0 Å². The third-order valence-electron chi connectivity index (χ3n) is 3.59. The molecule has 0 spiro atoms. The summed E-state index contributed by atoms with van der Waals surface area (Å²) < 4.78 is 1.88. The van der Waals surface area contributed by atoms with Crippen LogP contribution in [0.4, 0.5) is 5.69 Å². The van der Waals surface area contributed by atoms with Crippen LogP contribution in [-0.4, -0.2) is 21.2 Å². The monoisotopic (exact) mass is 308 g/mol. The molecular weight excluding hydrogens is 292 g/mol. The summed E-state index contributed by atoms with van der Waals surface area (Å²) in [6.07, 6.45) is 2.58. The van der Waals surface area contributed by atoms with Gasteiger partial charge in [0.2, 0.25) is 0 Å². The third kappa shape index (κ3) is 2.66. The van der Waals surface area contributed by atoms with Crippen molar-refractivity contribution in [1.29, 1.82) is 0 Å². The lowest BCUT2D eigenvalue weighted by Gasteiger charge is -2.07. The molecule has 0 unspecified atom stereocenters. The highest BCUT2D eigenvalue weighted by Crippen LogP contribution is 2.18. The van der Waals surface area contributed by atoms with Crippen molar-refractivity contribution >= 4 is 23.0 Å². The van der Waals surface area contributed by atoms with Crippen molar-refractivity contribution in [2.75, 3.05) is 5.32 Å². The van der Waals surface area contributed by atoms with E-state index in [1.54, 1.807) is 24.3 Å². The molecule has 2 heterocycles. The minimum atomic E-state index is -0.593. The van der Waals surface area contributed by atoms with Crippen molar-refractivity contribution in [3.05, 3.63) is 65.7 Å². The second-order valence-electron chi connectivity index (χ2n) is 5.05. The number of fused-ring (bicyclic) bond motifs is 1. The van der Waals surface area contributed by atoms with Crippen molar-refractivity contribution < 1.29 is 9.59 Å². The molecule has 0 saturated heterocycles. The van der Waals surface area contributed by atoms with E-state index in [0.717, 1.165) is 11.3 Å². The Balaban J connectivity index is 2.01. The van der Waals surface area contributed by atoms with Gasteiger partial charge in [0.1, 0.15) is 5.82 Å². The molecule has 3 aromatic rings. The van der Waals surface area contributed by atoms with E-state index >= 15 is 0 Å². The number of carbonyl (C=O) groups excluding carboxylic acids is 2. The van der Waals surface area contributed by atoms with Gasteiger partial charge in [-0.2, -0.15) is 0 Å². The zero-order chi connectivity index (χ0) is 16.4. The summed E-state index contributed by atoms with van der Waals surface area (Å²) in [4.78, 5) is 28.5. The maximum Gasteiger partial charge on any atom is 0.276 e. The van der Waals surface area contributed by atoms with Crippen LogP contribution in [0.15, 0.2) is 48.7 Å². The van der Waals surface area contributed by atoms with Gasteiger partial charge in [-0.25, -0.2) is 4.98 Å². The van der Waals surface area contributed by atoms with E-state index in [1.165, 1.54) is 0 Å². The summed E-state index contributed by atoms with van der Waals surface area (Å²) in [6, 6.07) is 12.2. The molecule has 23 heavy (non-hydrogen) atoms. The van der Waals surface area contributed by atoms with Crippen LogP contribution in [0.2, 0.25) is 0 Å². The van der Waals surface area contributed by atoms with Crippen molar-refractivity contribution in [2.24, 2.45) is 5.73 Å². The van der Waals surface area contributed by atoms with Gasteiger partial charge in [0.25, 0.3) is 11.8 Å². The standard InChI is InChI=1S/C17H16N4O2/c1-2-14-20-15(13-9-5-6-10-21(13)14)17(23)19-12-8-4-3-7-11(12)16(18)22/h3-10H,2H2,1H3,(H2,18,22)(H,19,23). The molecule has 0 aliphatic carbocycles. The van der Waals surface area contributed by atoms with E-state index in [1.807, 2.05) is 35.7 Å². The lowest BCUT2D eigenvalue weighted by Crippen LogP contribution is -2.18. The number of rotatable bonds is 4. The van der Waals surface area contributed by atoms with Crippen LogP contribution < -0.4 is 11.1 Å². The van der Waals surface area contributed by atoms with E-state index in [-0.39, 0.29) is 11.5 Å². The third-order valence-corrected chi connectivity index (χ3v) is 3.59. The molecule has 0 saturated carbocycles. The summed E-state index contributed by atoms with van der Waals surface area (Å²) in [7, 11) is 0. The number of para-hydroxylation sites is 1. The summed E-state index contributed by atoms with van der Waals surface area (Å²) in [5.74, 6) is -0.166. The van der Waals surface area contributed by atoms with Gasteiger partial charge in [0.05, 0.1) is 16.8 Å². The number of pyridine rings is 1. The highest BCUT2D eigenvalue weighted by atomic mass is 16.2. The molecule has 0 aliphatic rings. The first kappa shape index (κ1) is 14.8. The van der Waals surface area contributed by atoms with Gasteiger partial charge >= 0.3 is 0 Å². The Labute approximate surface area is 132 Å². The van der Waals surface area contributed by atoms with Gasteiger partial charge < -0.3 is 15.5 Å². The summed E-state index contributed by atoms with van der Waals surface area (Å²) in [5.41, 5.74) is 7.02. The van der Waals surface area contributed by atoms with E-state index < -0.39 is 5.91 Å². The van der Waals surface area contributed by atoms with Crippen LogP contribution in [0.25, 0.3) is 5.52 Å². The largest absolute Gasteiger partial charge is 0.366 e. The lowest BCUT2D eigenvalue weighted by molar-refractivity contribution is 0.100. The zero-order valence-electron chi connectivity index (χ0n) is 12.6. The van der Waals surface area contributed by atoms with Crippen molar-refractivity contribution in [3.63, 3.8) is 0 Å². The number of carbonyl (C=O) groups is 2. The highest BCUT2D eigenvalue weighted by molar-refractivity contribution is 6.10. The molecule has 6 heteroatoms. The first-order chi connectivity index (χ1) is 11.1. The molecule has 1 aromatic carbocycles. The maximum absolute atomic E-state index is 12.6. The van der Waals surface area contributed by atoms with Gasteiger partial charge in [-0.3, -0.25) is 9.59 Å². The van der Waals surface area contributed by atoms with Crippen LogP contribution >= 0.6 is 0 Å². The van der Waals surface area contributed by atoms with Crippen LogP contribution in [-0.2, 0) is 6.42 Å².